The number of benzene rings is 1. The highest BCUT2D eigenvalue weighted by molar-refractivity contribution is 7.10. The fourth-order valence-corrected chi connectivity index (χ4v) is 4.02. The molecule has 5 nitrogen and oxygen atoms in total. The molecule has 0 fully saturated rings. The summed E-state index contributed by atoms with van der Waals surface area (Å²) in [5, 5.41) is 11.9. The molecule has 3 rings (SSSR count). The number of thiophene rings is 1. The van der Waals surface area contributed by atoms with Crippen molar-refractivity contribution in [3.8, 4) is 5.75 Å². The molecule has 0 saturated heterocycles. The second kappa shape index (κ2) is 6.54. The summed E-state index contributed by atoms with van der Waals surface area (Å²) in [6.07, 6.45) is -0.224. The first-order valence-electron chi connectivity index (χ1n) is 7.53. The van der Waals surface area contributed by atoms with Gasteiger partial charge >= 0.3 is 5.97 Å². The molecule has 0 atom stereocenters. The monoisotopic (exact) mass is 377 g/mol. The summed E-state index contributed by atoms with van der Waals surface area (Å²) in [7, 11) is 1.49. The molecule has 0 unspecified atom stereocenters. The lowest BCUT2D eigenvalue weighted by Gasteiger charge is -2.07. The van der Waals surface area contributed by atoms with Crippen LogP contribution in [0.4, 0.5) is 0 Å². The fraction of sp³-hybridized carbons (Fsp3) is 0.222. The van der Waals surface area contributed by atoms with Crippen LogP contribution in [0.1, 0.15) is 26.5 Å². The quantitative estimate of drug-likeness (QED) is 0.736. The molecule has 0 amide bonds. The first-order valence-corrected chi connectivity index (χ1v) is 8.79. The molecule has 0 aliphatic rings. The van der Waals surface area contributed by atoms with Crippen LogP contribution >= 0.6 is 22.9 Å². The molecule has 130 valence electrons. The molecule has 0 bridgehead atoms. The fourth-order valence-electron chi connectivity index (χ4n) is 2.99. The Labute approximate surface area is 153 Å². The van der Waals surface area contributed by atoms with Crippen molar-refractivity contribution in [2.75, 3.05) is 7.11 Å². The summed E-state index contributed by atoms with van der Waals surface area (Å²) in [4.78, 5) is 25.4. The van der Waals surface area contributed by atoms with Gasteiger partial charge in [0.25, 0.3) is 5.91 Å². The maximum atomic E-state index is 13.0. The van der Waals surface area contributed by atoms with Gasteiger partial charge in [-0.05, 0) is 37.6 Å². The number of hydrogen-bond donors (Lipinski definition) is 1. The molecule has 3 aromatic rings. The number of carbonyl (C=O) groups excluding carboxylic acids is 1. The van der Waals surface area contributed by atoms with Crippen molar-refractivity contribution < 1.29 is 19.4 Å². The molecular formula is C18H16ClNO4S. The average molecular weight is 378 g/mol. The Bertz CT molecular complexity index is 1000. The molecule has 0 aliphatic carbocycles. The Hall–Kier alpha value is -2.31. The maximum absolute atomic E-state index is 13.0. The van der Waals surface area contributed by atoms with E-state index in [-0.39, 0.29) is 12.3 Å². The highest BCUT2D eigenvalue weighted by Gasteiger charge is 2.24. The van der Waals surface area contributed by atoms with Gasteiger partial charge in [-0.2, -0.15) is 0 Å². The van der Waals surface area contributed by atoms with E-state index in [4.69, 9.17) is 16.3 Å². The molecule has 1 N–H and O–H groups in total. The number of carbonyl (C=O) groups is 2. The zero-order valence-corrected chi connectivity index (χ0v) is 15.5. The van der Waals surface area contributed by atoms with Gasteiger partial charge in [0.15, 0.2) is 0 Å². The van der Waals surface area contributed by atoms with Crippen molar-refractivity contribution in [3.63, 3.8) is 0 Å². The summed E-state index contributed by atoms with van der Waals surface area (Å²) in [6, 6.07) is 5.23. The molecule has 25 heavy (non-hydrogen) atoms. The van der Waals surface area contributed by atoms with Crippen LogP contribution in [0.5, 0.6) is 5.75 Å². The van der Waals surface area contributed by atoms with Crippen LogP contribution in [0, 0.1) is 13.8 Å². The van der Waals surface area contributed by atoms with Crippen LogP contribution in [0.15, 0.2) is 23.6 Å². The van der Waals surface area contributed by atoms with Crippen LogP contribution in [0.2, 0.25) is 5.02 Å². The Morgan fingerprint density at radius 1 is 1.32 bits per heavy atom. The van der Waals surface area contributed by atoms with Crippen molar-refractivity contribution >= 4 is 45.7 Å². The maximum Gasteiger partial charge on any atom is 0.307 e. The summed E-state index contributed by atoms with van der Waals surface area (Å²) >= 11 is 7.92. The van der Waals surface area contributed by atoms with E-state index in [0.717, 1.165) is 4.88 Å². The van der Waals surface area contributed by atoms with Crippen LogP contribution < -0.4 is 4.74 Å². The van der Waals surface area contributed by atoms with E-state index in [2.05, 4.69) is 0 Å². The second-order valence-electron chi connectivity index (χ2n) is 5.70. The smallest absolute Gasteiger partial charge is 0.307 e. The van der Waals surface area contributed by atoms with Crippen LogP contribution in [0.3, 0.4) is 0 Å². The predicted octanol–water partition coefficient (Wildman–Crippen LogP) is 4.30. The number of methoxy groups -OCH3 is 1. The number of rotatable bonds is 4. The molecule has 2 heterocycles. The lowest BCUT2D eigenvalue weighted by Crippen LogP contribution is -2.13. The standard InChI is InChI=1S/C18H16ClNO4S/c1-9-6-11(8-25-9)18(23)20-10(2)12(7-15(21)22)16-13(20)4-5-14(24-3)17(16)19/h4-6,8H,7H2,1-3H3,(H,21,22). The van der Waals surface area contributed by atoms with Crippen LogP contribution in [-0.4, -0.2) is 28.7 Å². The van der Waals surface area contributed by atoms with E-state index < -0.39 is 5.97 Å². The average Bonchev–Trinajstić information content (AvgIpc) is 3.10. The largest absolute Gasteiger partial charge is 0.495 e. The lowest BCUT2D eigenvalue weighted by atomic mass is 10.1. The number of hydrogen-bond acceptors (Lipinski definition) is 4. The van der Waals surface area contributed by atoms with E-state index in [1.54, 1.807) is 24.4 Å². The number of nitrogens with zero attached hydrogens (tertiary/aromatic N) is 1. The molecule has 0 saturated carbocycles. The lowest BCUT2D eigenvalue weighted by molar-refractivity contribution is -0.136. The van der Waals surface area contributed by atoms with Gasteiger partial charge in [0, 0.05) is 21.3 Å². The molecule has 0 spiro atoms. The molecule has 7 heteroatoms. The normalized spacial score (nSPS) is 11.0. The van der Waals surface area contributed by atoms with Crippen molar-refractivity contribution in [1.29, 1.82) is 0 Å². The van der Waals surface area contributed by atoms with Gasteiger partial charge < -0.3 is 9.84 Å². The SMILES string of the molecule is COc1ccc2c(c1Cl)c(CC(=O)O)c(C)n2C(=O)c1csc(C)c1. The summed E-state index contributed by atoms with van der Waals surface area (Å²) in [6.45, 7) is 3.66. The number of aromatic nitrogens is 1. The van der Waals surface area contributed by atoms with Crippen molar-refractivity contribution in [3.05, 3.63) is 50.3 Å². The van der Waals surface area contributed by atoms with Gasteiger partial charge in [-0.1, -0.05) is 11.6 Å². The Morgan fingerprint density at radius 2 is 2.04 bits per heavy atom. The number of carboxylic acid groups (broad SMARTS) is 1. The van der Waals surface area contributed by atoms with Crippen molar-refractivity contribution in [2.45, 2.75) is 20.3 Å². The second-order valence-corrected chi connectivity index (χ2v) is 7.19. The Morgan fingerprint density at radius 3 is 2.60 bits per heavy atom. The van der Waals surface area contributed by atoms with Gasteiger partial charge in [0.1, 0.15) is 5.75 Å². The van der Waals surface area contributed by atoms with Crippen LogP contribution in [-0.2, 0) is 11.2 Å². The Balaban J connectivity index is 2.32. The van der Waals surface area contributed by atoms with Gasteiger partial charge in [-0.15, -0.1) is 11.3 Å². The first-order chi connectivity index (χ1) is 11.8. The van der Waals surface area contributed by atoms with E-state index in [0.29, 0.717) is 38.5 Å². The summed E-state index contributed by atoms with van der Waals surface area (Å²) in [5.41, 5.74) is 2.23. The molecule has 2 aromatic heterocycles. The summed E-state index contributed by atoms with van der Waals surface area (Å²) < 4.78 is 6.77. The predicted molar refractivity (Wildman–Crippen MR) is 98.4 cm³/mol. The highest BCUT2D eigenvalue weighted by Crippen LogP contribution is 2.38. The summed E-state index contributed by atoms with van der Waals surface area (Å²) in [5.74, 6) is -0.749. The zero-order chi connectivity index (χ0) is 18.3. The number of aliphatic carboxylic acids is 1. The minimum absolute atomic E-state index is 0.204. The molecule has 1 aromatic carbocycles. The van der Waals surface area contributed by atoms with Crippen molar-refractivity contribution in [2.24, 2.45) is 0 Å². The van der Waals surface area contributed by atoms with Gasteiger partial charge in [0.2, 0.25) is 0 Å². The molecule has 0 radical (unpaired) electrons. The zero-order valence-electron chi connectivity index (χ0n) is 13.9. The molecule has 0 aliphatic heterocycles. The number of ether oxygens (including phenoxy) is 1. The Kier molecular flexibility index (Phi) is 4.58. The minimum atomic E-state index is -0.986. The van der Waals surface area contributed by atoms with Gasteiger partial charge in [0.05, 0.1) is 29.6 Å². The third-order valence-corrected chi connectivity index (χ3v) is 5.36. The number of halogens is 1. The number of fused-ring (bicyclic) bond motifs is 1. The van der Waals surface area contributed by atoms with E-state index >= 15 is 0 Å². The van der Waals surface area contributed by atoms with Gasteiger partial charge in [-0.25, -0.2) is 0 Å². The number of carboxylic acids is 1. The highest BCUT2D eigenvalue weighted by atomic mass is 35.5. The van der Waals surface area contributed by atoms with Crippen molar-refractivity contribution in [1.82, 2.24) is 4.57 Å². The van der Waals surface area contributed by atoms with Crippen LogP contribution in [0.25, 0.3) is 10.9 Å². The van der Waals surface area contributed by atoms with E-state index in [1.165, 1.54) is 23.0 Å². The number of aryl methyl sites for hydroxylation is 1. The first kappa shape index (κ1) is 17.5. The van der Waals surface area contributed by atoms with E-state index in [1.807, 2.05) is 13.0 Å². The third-order valence-electron chi connectivity index (χ3n) is 4.13. The minimum Gasteiger partial charge on any atom is -0.495 e. The molecular weight excluding hydrogens is 362 g/mol. The van der Waals surface area contributed by atoms with E-state index in [9.17, 15) is 14.7 Å². The third kappa shape index (κ3) is 2.92. The van der Waals surface area contributed by atoms with Gasteiger partial charge in [-0.3, -0.25) is 14.2 Å². The topological polar surface area (TPSA) is 68.5 Å².